The predicted molar refractivity (Wildman–Crippen MR) is 46.3 cm³/mol. The van der Waals surface area contributed by atoms with Crippen molar-refractivity contribution in [1.82, 2.24) is 4.90 Å². The number of aliphatic hydroxyl groups is 1. The molecule has 1 rings (SSSR count). The van der Waals surface area contributed by atoms with Gasteiger partial charge in [0.2, 0.25) is 0 Å². The Morgan fingerprint density at radius 1 is 1.64 bits per heavy atom. The maximum atomic E-state index is 9.65. The van der Waals surface area contributed by atoms with Crippen LogP contribution in [0.15, 0.2) is 0 Å². The Balaban J connectivity index is 2.33. The Kier molecular flexibility index (Phi) is 3.34. The minimum atomic E-state index is -0.183. The van der Waals surface area contributed by atoms with Crippen LogP contribution in [0.4, 0.5) is 0 Å². The molecule has 0 aromatic carbocycles. The van der Waals surface area contributed by atoms with Crippen molar-refractivity contribution in [3.05, 3.63) is 0 Å². The van der Waals surface area contributed by atoms with E-state index in [0.717, 1.165) is 19.4 Å². The Labute approximate surface area is 69.2 Å². The van der Waals surface area contributed by atoms with Crippen LogP contribution in [0.25, 0.3) is 0 Å². The first-order chi connectivity index (χ1) is 5.25. The molecule has 2 unspecified atom stereocenters. The maximum Gasteiger partial charge on any atom is 0.107 e. The molecule has 1 aliphatic rings. The fourth-order valence-corrected chi connectivity index (χ4v) is 1.82. The molecule has 11 heavy (non-hydrogen) atoms. The van der Waals surface area contributed by atoms with Gasteiger partial charge in [0.15, 0.2) is 0 Å². The summed E-state index contributed by atoms with van der Waals surface area (Å²) in [6.07, 6.45) is 4.31. The van der Waals surface area contributed by atoms with Crippen molar-refractivity contribution in [2.45, 2.75) is 51.8 Å². The molecule has 0 aliphatic carbocycles. The fourth-order valence-electron chi connectivity index (χ4n) is 1.82. The molecule has 0 saturated carbocycles. The topological polar surface area (TPSA) is 23.5 Å². The van der Waals surface area contributed by atoms with Crippen LogP contribution in [0.3, 0.4) is 0 Å². The first kappa shape index (κ1) is 9.01. The number of nitrogens with zero attached hydrogens (tertiary/aromatic N) is 1. The summed E-state index contributed by atoms with van der Waals surface area (Å²) >= 11 is 0. The SMILES string of the molecule is CCCC(O)N1CCCC1C. The van der Waals surface area contributed by atoms with Crippen molar-refractivity contribution in [3.63, 3.8) is 0 Å². The van der Waals surface area contributed by atoms with Crippen molar-refractivity contribution in [2.75, 3.05) is 6.54 Å². The summed E-state index contributed by atoms with van der Waals surface area (Å²) in [6, 6.07) is 0.594. The maximum absolute atomic E-state index is 9.65. The minimum Gasteiger partial charge on any atom is -0.378 e. The van der Waals surface area contributed by atoms with E-state index in [1.807, 2.05) is 0 Å². The van der Waals surface area contributed by atoms with Crippen LogP contribution >= 0.6 is 0 Å². The lowest BCUT2D eigenvalue weighted by molar-refractivity contribution is -0.00703. The van der Waals surface area contributed by atoms with Crippen molar-refractivity contribution in [1.29, 1.82) is 0 Å². The highest BCUT2D eigenvalue weighted by Gasteiger charge is 2.25. The van der Waals surface area contributed by atoms with Crippen LogP contribution in [0.2, 0.25) is 0 Å². The second-order valence-electron chi connectivity index (χ2n) is 3.50. The summed E-state index contributed by atoms with van der Waals surface area (Å²) in [5, 5.41) is 9.65. The number of rotatable bonds is 3. The van der Waals surface area contributed by atoms with E-state index in [1.165, 1.54) is 12.8 Å². The molecule has 0 radical (unpaired) electrons. The van der Waals surface area contributed by atoms with Crippen molar-refractivity contribution < 1.29 is 5.11 Å². The Morgan fingerprint density at radius 2 is 2.36 bits per heavy atom. The smallest absolute Gasteiger partial charge is 0.107 e. The zero-order chi connectivity index (χ0) is 8.27. The van der Waals surface area contributed by atoms with Gasteiger partial charge in [-0.05, 0) is 26.2 Å². The van der Waals surface area contributed by atoms with Crippen LogP contribution in [0.5, 0.6) is 0 Å². The van der Waals surface area contributed by atoms with Gasteiger partial charge in [-0.3, -0.25) is 4.90 Å². The molecular formula is C9H19NO. The highest BCUT2D eigenvalue weighted by Crippen LogP contribution is 2.20. The zero-order valence-corrected chi connectivity index (χ0v) is 7.58. The minimum absolute atomic E-state index is 0.183. The molecule has 0 spiro atoms. The lowest BCUT2D eigenvalue weighted by atomic mass is 10.2. The largest absolute Gasteiger partial charge is 0.378 e. The molecule has 0 amide bonds. The molecule has 1 aliphatic heterocycles. The monoisotopic (exact) mass is 157 g/mol. The van der Waals surface area contributed by atoms with Gasteiger partial charge < -0.3 is 5.11 Å². The predicted octanol–water partition coefficient (Wildman–Crippen LogP) is 1.59. The van der Waals surface area contributed by atoms with Gasteiger partial charge in [0.25, 0.3) is 0 Å². The third-order valence-corrected chi connectivity index (χ3v) is 2.53. The molecule has 1 heterocycles. The van der Waals surface area contributed by atoms with E-state index < -0.39 is 0 Å². The quantitative estimate of drug-likeness (QED) is 0.672. The lowest BCUT2D eigenvalue weighted by Crippen LogP contribution is -2.37. The molecule has 2 heteroatoms. The number of hydrogen-bond acceptors (Lipinski definition) is 2. The summed E-state index contributed by atoms with van der Waals surface area (Å²) in [7, 11) is 0. The highest BCUT2D eigenvalue weighted by molar-refractivity contribution is 4.76. The fraction of sp³-hybridized carbons (Fsp3) is 1.00. The lowest BCUT2D eigenvalue weighted by Gasteiger charge is -2.26. The molecule has 2 nitrogen and oxygen atoms in total. The molecule has 1 saturated heterocycles. The molecule has 0 bridgehead atoms. The molecule has 0 aromatic rings. The molecule has 66 valence electrons. The first-order valence-electron chi connectivity index (χ1n) is 4.69. The van der Waals surface area contributed by atoms with Crippen LogP contribution in [-0.4, -0.2) is 28.8 Å². The third-order valence-electron chi connectivity index (χ3n) is 2.53. The standard InChI is InChI=1S/C9H19NO/c1-3-5-9(11)10-7-4-6-8(10)2/h8-9,11H,3-7H2,1-2H3. The first-order valence-corrected chi connectivity index (χ1v) is 4.69. The average molecular weight is 157 g/mol. The number of likely N-dealkylation sites (tertiary alicyclic amines) is 1. The zero-order valence-electron chi connectivity index (χ0n) is 7.58. The Bertz CT molecular complexity index is 116. The third kappa shape index (κ3) is 2.17. The number of hydrogen-bond donors (Lipinski definition) is 1. The van der Waals surface area contributed by atoms with Gasteiger partial charge in [-0.1, -0.05) is 13.3 Å². The summed E-state index contributed by atoms with van der Waals surface area (Å²) in [5.74, 6) is 0. The van der Waals surface area contributed by atoms with Gasteiger partial charge in [-0.25, -0.2) is 0 Å². The van der Waals surface area contributed by atoms with E-state index in [1.54, 1.807) is 0 Å². The normalized spacial score (nSPS) is 29.2. The van der Waals surface area contributed by atoms with E-state index in [2.05, 4.69) is 18.7 Å². The molecular weight excluding hydrogens is 138 g/mol. The Morgan fingerprint density at radius 3 is 2.82 bits per heavy atom. The molecule has 1 fully saturated rings. The van der Waals surface area contributed by atoms with Gasteiger partial charge in [-0.15, -0.1) is 0 Å². The van der Waals surface area contributed by atoms with Crippen molar-refractivity contribution in [2.24, 2.45) is 0 Å². The van der Waals surface area contributed by atoms with Gasteiger partial charge >= 0.3 is 0 Å². The van der Waals surface area contributed by atoms with Crippen LogP contribution in [0, 0.1) is 0 Å². The average Bonchev–Trinajstić information content (AvgIpc) is 2.36. The van der Waals surface area contributed by atoms with Crippen molar-refractivity contribution in [3.8, 4) is 0 Å². The summed E-state index contributed by atoms with van der Waals surface area (Å²) in [5.41, 5.74) is 0. The van der Waals surface area contributed by atoms with Gasteiger partial charge in [0.05, 0.1) is 0 Å². The van der Waals surface area contributed by atoms with Gasteiger partial charge in [0.1, 0.15) is 6.23 Å². The van der Waals surface area contributed by atoms with E-state index in [4.69, 9.17) is 0 Å². The van der Waals surface area contributed by atoms with Crippen LogP contribution < -0.4 is 0 Å². The molecule has 2 atom stereocenters. The Hall–Kier alpha value is -0.0800. The summed E-state index contributed by atoms with van der Waals surface area (Å²) < 4.78 is 0. The van der Waals surface area contributed by atoms with E-state index in [-0.39, 0.29) is 6.23 Å². The van der Waals surface area contributed by atoms with Gasteiger partial charge in [0, 0.05) is 12.6 Å². The van der Waals surface area contributed by atoms with Crippen LogP contribution in [0.1, 0.15) is 39.5 Å². The summed E-state index contributed by atoms with van der Waals surface area (Å²) in [4.78, 5) is 2.21. The number of aliphatic hydroxyl groups excluding tert-OH is 1. The van der Waals surface area contributed by atoms with Crippen molar-refractivity contribution >= 4 is 0 Å². The van der Waals surface area contributed by atoms with E-state index >= 15 is 0 Å². The van der Waals surface area contributed by atoms with Gasteiger partial charge in [-0.2, -0.15) is 0 Å². The second-order valence-corrected chi connectivity index (χ2v) is 3.50. The summed E-state index contributed by atoms with van der Waals surface area (Å²) in [6.45, 7) is 5.40. The van der Waals surface area contributed by atoms with E-state index in [0.29, 0.717) is 6.04 Å². The highest BCUT2D eigenvalue weighted by atomic mass is 16.3. The molecule has 0 aromatic heterocycles. The van der Waals surface area contributed by atoms with E-state index in [9.17, 15) is 5.11 Å². The second kappa shape index (κ2) is 4.07. The molecule has 1 N–H and O–H groups in total. The van der Waals surface area contributed by atoms with Crippen LogP contribution in [-0.2, 0) is 0 Å².